The molecule has 1 aliphatic heterocycles. The zero-order valence-electron chi connectivity index (χ0n) is 19.4. The highest BCUT2D eigenvalue weighted by molar-refractivity contribution is 7.92. The maximum absolute atomic E-state index is 13.3. The highest BCUT2D eigenvalue weighted by Crippen LogP contribution is 2.29. The first kappa shape index (κ1) is 23.2. The van der Waals surface area contributed by atoms with Crippen LogP contribution in [-0.4, -0.2) is 61.1 Å². The van der Waals surface area contributed by atoms with Gasteiger partial charge in [-0.3, -0.25) is 5.10 Å². The molecule has 9 nitrogen and oxygen atoms in total. The maximum atomic E-state index is 13.3. The smallest absolute Gasteiger partial charge is 0.181 e. The fraction of sp³-hybridized carbons (Fsp3) is 0.435. The van der Waals surface area contributed by atoms with E-state index in [2.05, 4.69) is 20.5 Å². The van der Waals surface area contributed by atoms with Crippen molar-refractivity contribution in [1.29, 1.82) is 0 Å². The molecule has 4 rings (SSSR count). The van der Waals surface area contributed by atoms with E-state index in [0.717, 1.165) is 22.6 Å². The Morgan fingerprint density at radius 1 is 1.18 bits per heavy atom. The molecule has 1 aromatic carbocycles. The lowest BCUT2D eigenvalue weighted by Gasteiger charge is -2.23. The van der Waals surface area contributed by atoms with E-state index in [1.807, 2.05) is 37.9 Å². The van der Waals surface area contributed by atoms with E-state index in [1.54, 1.807) is 25.4 Å². The van der Waals surface area contributed by atoms with Crippen LogP contribution in [0.25, 0.3) is 0 Å². The van der Waals surface area contributed by atoms with Crippen LogP contribution in [0.3, 0.4) is 0 Å². The molecule has 1 aliphatic rings. The predicted molar refractivity (Wildman–Crippen MR) is 127 cm³/mol. The second-order valence-electron chi connectivity index (χ2n) is 8.38. The first-order valence-corrected chi connectivity index (χ1v) is 12.5. The molecule has 2 aromatic heterocycles. The van der Waals surface area contributed by atoms with Crippen LogP contribution in [0.4, 0.5) is 11.6 Å². The molecule has 33 heavy (non-hydrogen) atoms. The van der Waals surface area contributed by atoms with Crippen LogP contribution in [-0.2, 0) is 16.3 Å². The summed E-state index contributed by atoms with van der Waals surface area (Å²) in [5.74, 6) is 2.60. The number of nitrogens with one attached hydrogen (secondary N) is 2. The summed E-state index contributed by atoms with van der Waals surface area (Å²) in [5, 5.41) is 10.2. The van der Waals surface area contributed by atoms with Crippen molar-refractivity contribution in [1.82, 2.24) is 25.5 Å². The van der Waals surface area contributed by atoms with Crippen molar-refractivity contribution in [3.8, 4) is 5.75 Å². The van der Waals surface area contributed by atoms with Gasteiger partial charge in [0.15, 0.2) is 15.7 Å². The summed E-state index contributed by atoms with van der Waals surface area (Å²) in [6, 6.07) is 6.99. The summed E-state index contributed by atoms with van der Waals surface area (Å²) in [4.78, 5) is 11.3. The Labute approximate surface area is 194 Å². The van der Waals surface area contributed by atoms with Crippen molar-refractivity contribution in [2.45, 2.75) is 43.3 Å². The van der Waals surface area contributed by atoms with E-state index < -0.39 is 9.84 Å². The first-order chi connectivity index (χ1) is 15.8. The Morgan fingerprint density at radius 3 is 2.61 bits per heavy atom. The molecule has 1 fully saturated rings. The van der Waals surface area contributed by atoms with E-state index in [4.69, 9.17) is 9.72 Å². The summed E-state index contributed by atoms with van der Waals surface area (Å²) >= 11 is 0. The van der Waals surface area contributed by atoms with Gasteiger partial charge in [0.05, 0.1) is 17.3 Å². The number of rotatable bonds is 7. The van der Waals surface area contributed by atoms with Gasteiger partial charge in [-0.05, 0) is 69.6 Å². The lowest BCUT2D eigenvalue weighted by molar-refractivity contribution is 0.412. The van der Waals surface area contributed by atoms with Gasteiger partial charge in [0.2, 0.25) is 0 Å². The van der Waals surface area contributed by atoms with Gasteiger partial charge in [-0.2, -0.15) is 5.10 Å². The molecule has 0 radical (unpaired) electrons. The van der Waals surface area contributed by atoms with Crippen LogP contribution >= 0.6 is 0 Å². The van der Waals surface area contributed by atoms with Gasteiger partial charge < -0.3 is 15.0 Å². The number of piperidine rings is 1. The second-order valence-corrected chi connectivity index (χ2v) is 10.6. The lowest BCUT2D eigenvalue weighted by Crippen LogP contribution is -2.35. The van der Waals surface area contributed by atoms with Crippen molar-refractivity contribution in [2.75, 3.05) is 32.1 Å². The summed E-state index contributed by atoms with van der Waals surface area (Å²) in [6.07, 6.45) is 3.30. The van der Waals surface area contributed by atoms with Gasteiger partial charge in [0.25, 0.3) is 0 Å². The summed E-state index contributed by atoms with van der Waals surface area (Å²) in [7, 11) is -0.00156. The van der Waals surface area contributed by atoms with Crippen LogP contribution in [0.1, 0.15) is 35.5 Å². The summed E-state index contributed by atoms with van der Waals surface area (Å²) < 4.78 is 31.9. The summed E-state index contributed by atoms with van der Waals surface area (Å²) in [6.45, 7) is 5.41. The second kappa shape index (κ2) is 9.48. The average Bonchev–Trinajstić information content (AvgIpc) is 3.17. The molecule has 0 saturated carbocycles. The monoisotopic (exact) mass is 470 g/mol. The van der Waals surface area contributed by atoms with E-state index in [-0.39, 0.29) is 5.25 Å². The largest absolute Gasteiger partial charge is 0.497 e. The molecular formula is C23H30N6O3S. The molecule has 0 spiro atoms. The van der Waals surface area contributed by atoms with E-state index in [0.29, 0.717) is 54.6 Å². The van der Waals surface area contributed by atoms with Crippen LogP contribution in [0.2, 0.25) is 0 Å². The number of ether oxygens (including phenoxy) is 1. The zero-order valence-corrected chi connectivity index (χ0v) is 20.2. The van der Waals surface area contributed by atoms with Crippen LogP contribution in [0.15, 0.2) is 35.4 Å². The molecule has 10 heteroatoms. The molecule has 0 amide bonds. The highest BCUT2D eigenvalue weighted by atomic mass is 32.2. The molecule has 0 atom stereocenters. The van der Waals surface area contributed by atoms with E-state index >= 15 is 0 Å². The molecule has 0 bridgehead atoms. The number of hydrogen-bond acceptors (Lipinski definition) is 8. The zero-order chi connectivity index (χ0) is 23.6. The van der Waals surface area contributed by atoms with Crippen LogP contribution in [0.5, 0.6) is 5.75 Å². The number of benzene rings is 1. The minimum absolute atomic E-state index is 0.291. The van der Waals surface area contributed by atoms with Crippen LogP contribution in [0, 0.1) is 13.8 Å². The molecule has 176 valence electrons. The molecule has 1 saturated heterocycles. The minimum atomic E-state index is -3.45. The lowest BCUT2D eigenvalue weighted by atomic mass is 10.1. The molecule has 3 heterocycles. The number of methoxy groups -OCH3 is 1. The van der Waals surface area contributed by atoms with Gasteiger partial charge in [-0.25, -0.2) is 18.4 Å². The van der Waals surface area contributed by atoms with Crippen LogP contribution < -0.4 is 15.0 Å². The molecule has 2 N–H and O–H groups in total. The molecule has 0 unspecified atom stereocenters. The standard InChI is InChI=1S/C23H30N6O3S/c1-15-16(2)27-28-23(15)29(3)22-7-10-25-21(26-22)13-17-11-18(32-4)14-20(12-17)33(30,31)19-5-8-24-9-6-19/h7,10-12,14,19,24H,5-6,8-9,13H2,1-4H3,(H,27,28). The molecular weight excluding hydrogens is 440 g/mol. The quantitative estimate of drug-likeness (QED) is 0.542. The van der Waals surface area contributed by atoms with Gasteiger partial charge in [-0.15, -0.1) is 0 Å². The SMILES string of the molecule is COc1cc(Cc2nccc(N(C)c3n[nH]c(C)c3C)n2)cc(S(=O)(=O)C2CCNCC2)c1. The van der Waals surface area contributed by atoms with Gasteiger partial charge in [0, 0.05) is 30.9 Å². The Morgan fingerprint density at radius 2 is 1.94 bits per heavy atom. The van der Waals surface area contributed by atoms with Gasteiger partial charge >= 0.3 is 0 Å². The fourth-order valence-corrected chi connectivity index (χ4v) is 5.90. The van der Waals surface area contributed by atoms with Gasteiger partial charge in [-0.1, -0.05) is 0 Å². The number of sulfone groups is 1. The predicted octanol–water partition coefficient (Wildman–Crippen LogP) is 2.71. The van der Waals surface area contributed by atoms with Crippen molar-refractivity contribution >= 4 is 21.5 Å². The first-order valence-electron chi connectivity index (χ1n) is 11.0. The van der Waals surface area contributed by atoms with E-state index in [9.17, 15) is 8.42 Å². The molecule has 3 aromatic rings. The third-order valence-corrected chi connectivity index (χ3v) is 8.41. The Hall–Kier alpha value is -2.98. The number of H-pyrrole nitrogens is 1. The van der Waals surface area contributed by atoms with Crippen molar-refractivity contribution in [2.24, 2.45) is 0 Å². The average molecular weight is 471 g/mol. The van der Waals surface area contributed by atoms with E-state index in [1.165, 1.54) is 0 Å². The van der Waals surface area contributed by atoms with Crippen molar-refractivity contribution in [3.05, 3.63) is 53.1 Å². The van der Waals surface area contributed by atoms with Crippen molar-refractivity contribution < 1.29 is 13.2 Å². The number of aromatic nitrogens is 4. The number of aryl methyl sites for hydroxylation is 1. The maximum Gasteiger partial charge on any atom is 0.181 e. The third kappa shape index (κ3) is 4.86. The number of anilines is 2. The minimum Gasteiger partial charge on any atom is -0.497 e. The number of hydrogen-bond donors (Lipinski definition) is 2. The topological polar surface area (TPSA) is 113 Å². The Balaban J connectivity index is 1.62. The normalized spacial score (nSPS) is 14.9. The summed E-state index contributed by atoms with van der Waals surface area (Å²) in [5.41, 5.74) is 2.84. The molecule has 0 aliphatic carbocycles. The Bertz CT molecular complexity index is 1230. The van der Waals surface area contributed by atoms with Crippen molar-refractivity contribution in [3.63, 3.8) is 0 Å². The number of nitrogens with zero attached hydrogens (tertiary/aromatic N) is 4. The highest BCUT2D eigenvalue weighted by Gasteiger charge is 2.29. The number of aromatic amines is 1. The third-order valence-electron chi connectivity index (χ3n) is 6.17. The van der Waals surface area contributed by atoms with Gasteiger partial charge in [0.1, 0.15) is 17.4 Å². The fourth-order valence-electron chi connectivity index (χ4n) is 4.06. The Kier molecular flexibility index (Phi) is 6.66.